The molecule has 0 aromatic carbocycles. The van der Waals surface area contributed by atoms with Crippen molar-refractivity contribution in [2.75, 3.05) is 13.7 Å². The summed E-state index contributed by atoms with van der Waals surface area (Å²) in [4.78, 5) is 15.0. The number of hydrogen-bond acceptors (Lipinski definition) is 5. The van der Waals surface area contributed by atoms with Crippen LogP contribution in [0.3, 0.4) is 0 Å². The van der Waals surface area contributed by atoms with Gasteiger partial charge in [0.25, 0.3) is 0 Å². The summed E-state index contributed by atoms with van der Waals surface area (Å²) in [6, 6.07) is 1.75. The Balaban J connectivity index is 2.31. The second-order valence-corrected chi connectivity index (χ2v) is 4.46. The van der Waals surface area contributed by atoms with Crippen LogP contribution in [0.4, 0.5) is 0 Å². The van der Waals surface area contributed by atoms with E-state index >= 15 is 0 Å². The highest BCUT2D eigenvalue weighted by Crippen LogP contribution is 2.16. The maximum Gasteiger partial charge on any atom is 0.358 e. The monoisotopic (exact) mass is 296 g/mol. The Morgan fingerprint density at radius 1 is 1.55 bits per heavy atom. The molecule has 20 heavy (non-hydrogen) atoms. The number of hydrogen-bond donors (Lipinski definition) is 1. The van der Waals surface area contributed by atoms with Crippen molar-refractivity contribution in [3.8, 4) is 0 Å². The molecule has 106 valence electrons. The predicted octanol–water partition coefficient (Wildman–Crippen LogP) is 1.26. The van der Waals surface area contributed by atoms with Gasteiger partial charge in [-0.15, -0.1) is 5.10 Å². The molecule has 0 radical (unpaired) electrons. The van der Waals surface area contributed by atoms with E-state index in [9.17, 15) is 4.79 Å². The van der Waals surface area contributed by atoms with Gasteiger partial charge >= 0.3 is 5.97 Å². The number of pyridine rings is 1. The van der Waals surface area contributed by atoms with E-state index in [-0.39, 0.29) is 5.69 Å². The van der Waals surface area contributed by atoms with Gasteiger partial charge in [-0.3, -0.25) is 4.98 Å². The van der Waals surface area contributed by atoms with E-state index in [1.807, 2.05) is 0 Å². The third-order valence-electron chi connectivity index (χ3n) is 2.76. The van der Waals surface area contributed by atoms with Crippen LogP contribution in [0.5, 0.6) is 0 Å². The molecule has 0 fully saturated rings. The fraction of sp³-hybridized carbons (Fsp3) is 0.333. The molecule has 0 amide bonds. The number of aromatic carboxylic acids is 1. The summed E-state index contributed by atoms with van der Waals surface area (Å²) in [5.74, 6) is -1.11. The second-order valence-electron chi connectivity index (χ2n) is 4.06. The number of methoxy groups -OCH3 is 1. The van der Waals surface area contributed by atoms with Crippen LogP contribution in [0.2, 0.25) is 5.02 Å². The Kier molecular flexibility index (Phi) is 4.65. The molecule has 8 heteroatoms. The lowest BCUT2D eigenvalue weighted by Crippen LogP contribution is -2.12. The predicted molar refractivity (Wildman–Crippen MR) is 70.9 cm³/mol. The van der Waals surface area contributed by atoms with Gasteiger partial charge in [-0.2, -0.15) is 0 Å². The first-order valence-corrected chi connectivity index (χ1v) is 6.24. The average molecular weight is 297 g/mol. The molecule has 7 nitrogen and oxygen atoms in total. The molecule has 0 aliphatic heterocycles. The van der Waals surface area contributed by atoms with Gasteiger partial charge in [-0.1, -0.05) is 16.8 Å². The van der Waals surface area contributed by atoms with E-state index in [0.717, 1.165) is 5.56 Å². The summed E-state index contributed by atoms with van der Waals surface area (Å²) in [6.07, 6.45) is 3.56. The van der Waals surface area contributed by atoms with Crippen LogP contribution in [-0.2, 0) is 17.7 Å². The van der Waals surface area contributed by atoms with Crippen LogP contribution in [0, 0.1) is 0 Å². The quantitative estimate of drug-likeness (QED) is 0.863. The van der Waals surface area contributed by atoms with Gasteiger partial charge < -0.3 is 9.84 Å². The molecule has 0 bridgehead atoms. The first-order valence-electron chi connectivity index (χ1n) is 5.86. The van der Waals surface area contributed by atoms with E-state index in [2.05, 4.69) is 15.3 Å². The van der Waals surface area contributed by atoms with Crippen molar-refractivity contribution in [3.05, 3.63) is 40.4 Å². The van der Waals surface area contributed by atoms with Crippen LogP contribution in [0.1, 0.15) is 21.7 Å². The zero-order chi connectivity index (χ0) is 14.5. The van der Waals surface area contributed by atoms with Crippen LogP contribution < -0.4 is 0 Å². The molecule has 0 saturated carbocycles. The number of ether oxygens (including phenoxy) is 1. The second kappa shape index (κ2) is 6.44. The lowest BCUT2D eigenvalue weighted by atomic mass is 10.2. The molecule has 0 unspecified atom stereocenters. The van der Waals surface area contributed by atoms with Crippen LogP contribution in [0.25, 0.3) is 0 Å². The van der Waals surface area contributed by atoms with Crippen molar-refractivity contribution in [1.29, 1.82) is 0 Å². The van der Waals surface area contributed by atoms with Crippen molar-refractivity contribution >= 4 is 17.6 Å². The maximum absolute atomic E-state index is 11.1. The molecule has 0 aliphatic rings. The molecule has 2 heterocycles. The zero-order valence-electron chi connectivity index (χ0n) is 10.8. The fourth-order valence-corrected chi connectivity index (χ4v) is 1.94. The highest BCUT2D eigenvalue weighted by Gasteiger charge is 2.19. The third kappa shape index (κ3) is 3.12. The number of carboxylic acid groups (broad SMARTS) is 1. The summed E-state index contributed by atoms with van der Waals surface area (Å²) < 4.78 is 6.50. The molecule has 1 N–H and O–H groups in total. The third-order valence-corrected chi connectivity index (χ3v) is 3.10. The molecule has 2 rings (SSSR count). The van der Waals surface area contributed by atoms with Gasteiger partial charge in [0.15, 0.2) is 5.69 Å². The lowest BCUT2D eigenvalue weighted by Gasteiger charge is -2.08. The minimum Gasteiger partial charge on any atom is -0.476 e. The summed E-state index contributed by atoms with van der Waals surface area (Å²) in [7, 11) is 1.55. The molecule has 2 aromatic rings. The Hall–Kier alpha value is -1.99. The number of carboxylic acids is 1. The van der Waals surface area contributed by atoms with Gasteiger partial charge in [0, 0.05) is 25.9 Å². The smallest absolute Gasteiger partial charge is 0.358 e. The highest BCUT2D eigenvalue weighted by molar-refractivity contribution is 6.31. The topological polar surface area (TPSA) is 90.1 Å². The Morgan fingerprint density at radius 3 is 3.00 bits per heavy atom. The summed E-state index contributed by atoms with van der Waals surface area (Å²) >= 11 is 6.04. The van der Waals surface area contributed by atoms with Crippen LogP contribution >= 0.6 is 11.6 Å². The summed E-state index contributed by atoms with van der Waals surface area (Å²) in [5.41, 5.74) is 1.24. The molecule has 0 aliphatic carbocycles. The standard InChI is InChI=1S/C12H13ClN4O3/c1-20-5-3-10-11(12(18)19)15-16-17(10)7-8-2-4-14-6-9(8)13/h2,4,6H,3,5,7H2,1H3,(H,18,19). The van der Waals surface area contributed by atoms with Crippen molar-refractivity contribution in [1.82, 2.24) is 20.0 Å². The van der Waals surface area contributed by atoms with E-state index in [0.29, 0.717) is 30.3 Å². The minimum atomic E-state index is -1.11. The Bertz CT molecular complexity index is 614. The molecule has 2 aromatic heterocycles. The van der Waals surface area contributed by atoms with Crippen molar-refractivity contribution < 1.29 is 14.6 Å². The molecule has 0 atom stereocenters. The minimum absolute atomic E-state index is 0.0628. The number of rotatable bonds is 6. The fourth-order valence-electron chi connectivity index (χ4n) is 1.77. The van der Waals surface area contributed by atoms with E-state index in [1.54, 1.807) is 19.4 Å². The van der Waals surface area contributed by atoms with E-state index < -0.39 is 5.97 Å². The number of carbonyl (C=O) groups is 1. The maximum atomic E-state index is 11.1. The average Bonchev–Trinajstić information content (AvgIpc) is 2.82. The normalized spacial score (nSPS) is 10.7. The van der Waals surface area contributed by atoms with Gasteiger partial charge in [0.1, 0.15) is 0 Å². The van der Waals surface area contributed by atoms with Crippen molar-refractivity contribution in [3.63, 3.8) is 0 Å². The largest absolute Gasteiger partial charge is 0.476 e. The van der Waals surface area contributed by atoms with Crippen LogP contribution in [0.15, 0.2) is 18.5 Å². The molecular formula is C12H13ClN4O3. The van der Waals surface area contributed by atoms with Crippen molar-refractivity contribution in [2.24, 2.45) is 0 Å². The van der Waals surface area contributed by atoms with E-state index in [4.69, 9.17) is 21.4 Å². The van der Waals surface area contributed by atoms with Crippen LogP contribution in [-0.4, -0.2) is 44.8 Å². The number of aromatic nitrogens is 4. The molecular weight excluding hydrogens is 284 g/mol. The Labute approximate surface area is 120 Å². The van der Waals surface area contributed by atoms with E-state index in [1.165, 1.54) is 10.9 Å². The lowest BCUT2D eigenvalue weighted by molar-refractivity contribution is 0.0688. The van der Waals surface area contributed by atoms with Gasteiger partial charge in [-0.25, -0.2) is 9.48 Å². The Morgan fingerprint density at radius 2 is 2.35 bits per heavy atom. The summed E-state index contributed by atoms with van der Waals surface area (Å²) in [5, 5.41) is 17.2. The van der Waals surface area contributed by atoms with Gasteiger partial charge in [-0.05, 0) is 11.6 Å². The van der Waals surface area contributed by atoms with Gasteiger partial charge in [0.2, 0.25) is 0 Å². The number of nitrogens with zero attached hydrogens (tertiary/aromatic N) is 4. The zero-order valence-corrected chi connectivity index (χ0v) is 11.5. The molecule has 0 saturated heterocycles. The van der Waals surface area contributed by atoms with Crippen molar-refractivity contribution in [2.45, 2.75) is 13.0 Å². The highest BCUT2D eigenvalue weighted by atomic mass is 35.5. The first kappa shape index (κ1) is 14.4. The molecule has 0 spiro atoms. The summed E-state index contributed by atoms with van der Waals surface area (Å²) in [6.45, 7) is 0.721. The first-order chi connectivity index (χ1) is 9.63. The SMILES string of the molecule is COCCc1c(C(=O)O)nnn1Cc1ccncc1Cl. The number of halogens is 1. The van der Waals surface area contributed by atoms with Gasteiger partial charge in [0.05, 0.1) is 23.9 Å².